The Bertz CT molecular complexity index is 607. The van der Waals surface area contributed by atoms with Crippen molar-refractivity contribution in [3.63, 3.8) is 0 Å². The Morgan fingerprint density at radius 2 is 2.20 bits per heavy atom. The number of benzene rings is 1. The molecule has 1 aromatic heterocycles. The van der Waals surface area contributed by atoms with Gasteiger partial charge in [-0.1, -0.05) is 25.1 Å². The van der Waals surface area contributed by atoms with Crippen LogP contribution in [0.4, 0.5) is 5.69 Å². The van der Waals surface area contributed by atoms with Gasteiger partial charge in [0.2, 0.25) is 0 Å². The summed E-state index contributed by atoms with van der Waals surface area (Å²) in [6.07, 6.45) is 4.25. The van der Waals surface area contributed by atoms with Crippen LogP contribution in [0.1, 0.15) is 41.5 Å². The van der Waals surface area contributed by atoms with Gasteiger partial charge in [-0.2, -0.15) is 5.10 Å². The van der Waals surface area contributed by atoms with E-state index in [1.54, 1.807) is 0 Å². The second-order valence-corrected chi connectivity index (χ2v) is 5.17. The minimum absolute atomic E-state index is 0.118. The SMILES string of the molecule is CCc1ccccc1NC(=O)c1cc2n(n1)CCCC2. The Labute approximate surface area is 118 Å². The van der Waals surface area contributed by atoms with Crippen molar-refractivity contribution in [2.75, 3.05) is 5.32 Å². The Morgan fingerprint density at radius 3 is 3.00 bits per heavy atom. The molecular weight excluding hydrogens is 250 g/mol. The Balaban J connectivity index is 1.81. The zero-order valence-electron chi connectivity index (χ0n) is 11.7. The van der Waals surface area contributed by atoms with E-state index in [2.05, 4.69) is 17.3 Å². The van der Waals surface area contributed by atoms with E-state index >= 15 is 0 Å². The molecule has 0 saturated heterocycles. The molecular formula is C16H19N3O. The van der Waals surface area contributed by atoms with Gasteiger partial charge in [-0.3, -0.25) is 9.48 Å². The lowest BCUT2D eigenvalue weighted by molar-refractivity contribution is 0.102. The van der Waals surface area contributed by atoms with Crippen LogP contribution in [0.15, 0.2) is 30.3 Å². The van der Waals surface area contributed by atoms with Crippen LogP contribution in [0.5, 0.6) is 0 Å². The third-order valence-corrected chi connectivity index (χ3v) is 3.80. The number of fused-ring (bicyclic) bond motifs is 1. The van der Waals surface area contributed by atoms with Crippen LogP contribution in [0, 0.1) is 0 Å². The van der Waals surface area contributed by atoms with Crippen LogP contribution in [0.2, 0.25) is 0 Å². The van der Waals surface area contributed by atoms with Crippen molar-refractivity contribution in [1.29, 1.82) is 0 Å². The van der Waals surface area contributed by atoms with Crippen molar-refractivity contribution in [2.45, 2.75) is 39.2 Å². The first-order valence-electron chi connectivity index (χ1n) is 7.24. The highest BCUT2D eigenvalue weighted by molar-refractivity contribution is 6.03. The van der Waals surface area contributed by atoms with Crippen molar-refractivity contribution < 1.29 is 4.79 Å². The van der Waals surface area contributed by atoms with Gasteiger partial charge in [0.1, 0.15) is 0 Å². The fourth-order valence-electron chi connectivity index (χ4n) is 2.67. The number of hydrogen-bond acceptors (Lipinski definition) is 2. The van der Waals surface area contributed by atoms with E-state index in [4.69, 9.17) is 0 Å². The maximum Gasteiger partial charge on any atom is 0.276 e. The summed E-state index contributed by atoms with van der Waals surface area (Å²) in [6, 6.07) is 9.82. The summed E-state index contributed by atoms with van der Waals surface area (Å²) in [5.41, 5.74) is 3.72. The molecule has 4 heteroatoms. The van der Waals surface area contributed by atoms with E-state index in [0.29, 0.717) is 5.69 Å². The normalized spacial score (nSPS) is 13.8. The molecule has 3 rings (SSSR count). The smallest absolute Gasteiger partial charge is 0.276 e. The highest BCUT2D eigenvalue weighted by Crippen LogP contribution is 2.18. The number of aromatic nitrogens is 2. The van der Waals surface area contributed by atoms with E-state index in [1.165, 1.54) is 12.1 Å². The number of nitrogens with one attached hydrogen (secondary N) is 1. The molecule has 0 atom stereocenters. The van der Waals surface area contributed by atoms with E-state index in [-0.39, 0.29) is 5.91 Å². The van der Waals surface area contributed by atoms with E-state index in [1.807, 2.05) is 35.0 Å². The van der Waals surface area contributed by atoms with Crippen molar-refractivity contribution in [2.24, 2.45) is 0 Å². The molecule has 0 radical (unpaired) electrons. The number of anilines is 1. The molecule has 0 unspecified atom stereocenters. The predicted octanol–water partition coefficient (Wildman–Crippen LogP) is 3.03. The van der Waals surface area contributed by atoms with Crippen LogP contribution < -0.4 is 5.32 Å². The third-order valence-electron chi connectivity index (χ3n) is 3.80. The number of nitrogens with zero attached hydrogens (tertiary/aromatic N) is 2. The molecule has 20 heavy (non-hydrogen) atoms. The summed E-state index contributed by atoms with van der Waals surface area (Å²) in [5.74, 6) is -0.118. The molecule has 0 spiro atoms. The molecule has 1 aliphatic rings. The standard InChI is InChI=1S/C16H19N3O/c1-2-12-7-3-4-9-14(12)17-16(20)15-11-13-8-5-6-10-19(13)18-15/h3-4,7,9,11H,2,5-6,8,10H2,1H3,(H,17,20). The van der Waals surface area contributed by atoms with Crippen LogP contribution in [0.3, 0.4) is 0 Å². The van der Waals surface area contributed by atoms with Crippen molar-refractivity contribution in [1.82, 2.24) is 9.78 Å². The maximum atomic E-state index is 12.3. The molecule has 1 aromatic carbocycles. The minimum atomic E-state index is -0.118. The Kier molecular flexibility index (Phi) is 3.54. The van der Waals surface area contributed by atoms with E-state index in [9.17, 15) is 4.79 Å². The molecule has 1 N–H and O–H groups in total. The summed E-state index contributed by atoms with van der Waals surface area (Å²) >= 11 is 0. The zero-order valence-corrected chi connectivity index (χ0v) is 11.7. The first kappa shape index (κ1) is 12.9. The largest absolute Gasteiger partial charge is 0.320 e. The second-order valence-electron chi connectivity index (χ2n) is 5.17. The number of aryl methyl sites for hydroxylation is 3. The summed E-state index contributed by atoms with van der Waals surface area (Å²) < 4.78 is 1.96. The lowest BCUT2D eigenvalue weighted by atomic mass is 10.1. The molecule has 0 fully saturated rings. The topological polar surface area (TPSA) is 46.9 Å². The Hall–Kier alpha value is -2.10. The highest BCUT2D eigenvalue weighted by Gasteiger charge is 2.17. The van der Waals surface area contributed by atoms with E-state index < -0.39 is 0 Å². The van der Waals surface area contributed by atoms with Crippen molar-refractivity contribution in [3.05, 3.63) is 47.3 Å². The van der Waals surface area contributed by atoms with Crippen LogP contribution in [-0.4, -0.2) is 15.7 Å². The number of para-hydroxylation sites is 1. The fraction of sp³-hybridized carbons (Fsp3) is 0.375. The summed E-state index contributed by atoms with van der Waals surface area (Å²) in [6.45, 7) is 3.01. The van der Waals surface area contributed by atoms with Gasteiger partial charge in [0.05, 0.1) is 0 Å². The van der Waals surface area contributed by atoms with Gasteiger partial charge >= 0.3 is 0 Å². The monoisotopic (exact) mass is 269 g/mol. The first-order chi connectivity index (χ1) is 9.78. The van der Waals surface area contributed by atoms with E-state index in [0.717, 1.165) is 37.1 Å². The molecule has 1 amide bonds. The van der Waals surface area contributed by atoms with Crippen LogP contribution >= 0.6 is 0 Å². The van der Waals surface area contributed by atoms with Crippen molar-refractivity contribution >= 4 is 11.6 Å². The molecule has 0 aliphatic carbocycles. The van der Waals surface area contributed by atoms with Gasteiger partial charge in [-0.05, 0) is 43.4 Å². The Morgan fingerprint density at radius 1 is 1.35 bits per heavy atom. The summed E-state index contributed by atoms with van der Waals surface area (Å²) in [5, 5.41) is 7.38. The fourth-order valence-corrected chi connectivity index (χ4v) is 2.67. The van der Waals surface area contributed by atoms with Gasteiger partial charge in [0.15, 0.2) is 5.69 Å². The molecule has 104 valence electrons. The summed E-state index contributed by atoms with van der Waals surface area (Å²) in [7, 11) is 0. The van der Waals surface area contributed by atoms with Crippen LogP contribution in [-0.2, 0) is 19.4 Å². The van der Waals surface area contributed by atoms with Crippen molar-refractivity contribution in [3.8, 4) is 0 Å². The number of rotatable bonds is 3. The maximum absolute atomic E-state index is 12.3. The molecule has 0 bridgehead atoms. The van der Waals surface area contributed by atoms with Gasteiger partial charge in [0.25, 0.3) is 5.91 Å². The average Bonchev–Trinajstić information content (AvgIpc) is 2.92. The number of carbonyl (C=O) groups is 1. The number of carbonyl (C=O) groups excluding carboxylic acids is 1. The van der Waals surface area contributed by atoms with Gasteiger partial charge in [-0.15, -0.1) is 0 Å². The third kappa shape index (κ3) is 2.46. The zero-order chi connectivity index (χ0) is 13.9. The molecule has 2 aromatic rings. The van der Waals surface area contributed by atoms with Crippen LogP contribution in [0.25, 0.3) is 0 Å². The quantitative estimate of drug-likeness (QED) is 0.931. The number of amides is 1. The highest BCUT2D eigenvalue weighted by atomic mass is 16.1. The average molecular weight is 269 g/mol. The van der Waals surface area contributed by atoms with Gasteiger partial charge in [-0.25, -0.2) is 0 Å². The minimum Gasteiger partial charge on any atom is -0.320 e. The second kappa shape index (κ2) is 5.49. The lowest BCUT2D eigenvalue weighted by Gasteiger charge is -2.11. The van der Waals surface area contributed by atoms with Gasteiger partial charge in [0, 0.05) is 17.9 Å². The molecule has 0 saturated carbocycles. The number of hydrogen-bond donors (Lipinski definition) is 1. The summed E-state index contributed by atoms with van der Waals surface area (Å²) in [4.78, 5) is 12.3. The first-order valence-corrected chi connectivity index (χ1v) is 7.24. The predicted molar refractivity (Wildman–Crippen MR) is 78.9 cm³/mol. The molecule has 2 heterocycles. The van der Waals surface area contributed by atoms with Gasteiger partial charge < -0.3 is 5.32 Å². The molecule has 4 nitrogen and oxygen atoms in total. The molecule has 1 aliphatic heterocycles. The lowest BCUT2D eigenvalue weighted by Crippen LogP contribution is -2.15.